The van der Waals surface area contributed by atoms with E-state index in [9.17, 15) is 4.79 Å². The van der Waals surface area contributed by atoms with Gasteiger partial charge in [-0.1, -0.05) is 0 Å². The van der Waals surface area contributed by atoms with E-state index in [0.717, 1.165) is 0 Å². The molecule has 0 spiro atoms. The Balaban J connectivity index is 3.03. The first-order valence-corrected chi connectivity index (χ1v) is 5.35. The Morgan fingerprint density at radius 1 is 1.25 bits per heavy atom. The molecular formula is C12H17NO3. The van der Waals surface area contributed by atoms with E-state index >= 15 is 0 Å². The average Bonchev–Trinajstić information content (AvgIpc) is 2.29. The first kappa shape index (κ1) is 12.5. The Morgan fingerprint density at radius 3 is 2.50 bits per heavy atom. The SMILES string of the molecule is CCOc1ccc(C(=O)CN)c(OCC)c1. The molecule has 0 heterocycles. The van der Waals surface area contributed by atoms with Crippen LogP contribution in [-0.2, 0) is 0 Å². The normalized spacial score (nSPS) is 9.94. The van der Waals surface area contributed by atoms with Crippen LogP contribution in [0.3, 0.4) is 0 Å². The van der Waals surface area contributed by atoms with Crippen LogP contribution in [0.4, 0.5) is 0 Å². The first-order valence-electron chi connectivity index (χ1n) is 5.35. The summed E-state index contributed by atoms with van der Waals surface area (Å²) in [5.74, 6) is 1.09. The lowest BCUT2D eigenvalue weighted by atomic mass is 10.1. The third-order valence-electron chi connectivity index (χ3n) is 2.05. The van der Waals surface area contributed by atoms with Crippen LogP contribution < -0.4 is 15.2 Å². The summed E-state index contributed by atoms with van der Waals surface area (Å²) in [5, 5.41) is 0. The maximum absolute atomic E-state index is 11.5. The van der Waals surface area contributed by atoms with Crippen molar-refractivity contribution in [3.63, 3.8) is 0 Å². The van der Waals surface area contributed by atoms with Gasteiger partial charge in [-0.2, -0.15) is 0 Å². The molecule has 2 N–H and O–H groups in total. The second-order valence-corrected chi connectivity index (χ2v) is 3.15. The van der Waals surface area contributed by atoms with Gasteiger partial charge in [0.25, 0.3) is 0 Å². The summed E-state index contributed by atoms with van der Waals surface area (Å²) < 4.78 is 10.7. The molecule has 88 valence electrons. The summed E-state index contributed by atoms with van der Waals surface area (Å²) in [7, 11) is 0. The highest BCUT2D eigenvalue weighted by molar-refractivity contribution is 6.00. The molecule has 0 aliphatic carbocycles. The molecular weight excluding hydrogens is 206 g/mol. The summed E-state index contributed by atoms with van der Waals surface area (Å²) in [6.45, 7) is 4.83. The third kappa shape index (κ3) is 2.97. The van der Waals surface area contributed by atoms with Crippen molar-refractivity contribution in [2.24, 2.45) is 5.73 Å². The van der Waals surface area contributed by atoms with E-state index in [1.165, 1.54) is 0 Å². The van der Waals surface area contributed by atoms with Gasteiger partial charge in [0.15, 0.2) is 5.78 Å². The van der Waals surface area contributed by atoms with Crippen LogP contribution in [0.15, 0.2) is 18.2 Å². The number of rotatable bonds is 6. The Morgan fingerprint density at radius 2 is 1.94 bits per heavy atom. The van der Waals surface area contributed by atoms with E-state index in [4.69, 9.17) is 15.2 Å². The van der Waals surface area contributed by atoms with Crippen LogP contribution in [0, 0.1) is 0 Å². The zero-order valence-electron chi connectivity index (χ0n) is 9.66. The van der Waals surface area contributed by atoms with Crippen LogP contribution in [0.2, 0.25) is 0 Å². The number of ketones is 1. The molecule has 0 amide bonds. The molecule has 0 aliphatic rings. The van der Waals surface area contributed by atoms with Gasteiger partial charge in [-0.05, 0) is 26.0 Å². The standard InChI is InChI=1S/C12H17NO3/c1-3-15-9-5-6-10(11(14)8-13)12(7-9)16-4-2/h5-7H,3-4,8,13H2,1-2H3. The Labute approximate surface area is 95.3 Å². The lowest BCUT2D eigenvalue weighted by Gasteiger charge is -2.11. The molecule has 1 aromatic rings. The Kier molecular flexibility index (Phi) is 4.79. The quantitative estimate of drug-likeness (QED) is 0.744. The van der Waals surface area contributed by atoms with E-state index in [1.807, 2.05) is 13.8 Å². The molecule has 4 nitrogen and oxygen atoms in total. The smallest absolute Gasteiger partial charge is 0.180 e. The van der Waals surface area contributed by atoms with Crippen LogP contribution in [-0.4, -0.2) is 25.5 Å². The minimum Gasteiger partial charge on any atom is -0.494 e. The number of benzene rings is 1. The van der Waals surface area contributed by atoms with Crippen molar-refractivity contribution in [1.82, 2.24) is 0 Å². The maximum Gasteiger partial charge on any atom is 0.180 e. The number of ether oxygens (including phenoxy) is 2. The van der Waals surface area contributed by atoms with Crippen LogP contribution >= 0.6 is 0 Å². The number of nitrogens with two attached hydrogens (primary N) is 1. The van der Waals surface area contributed by atoms with Crippen LogP contribution in [0.1, 0.15) is 24.2 Å². The van der Waals surface area contributed by atoms with E-state index in [-0.39, 0.29) is 12.3 Å². The molecule has 0 bridgehead atoms. The molecule has 16 heavy (non-hydrogen) atoms. The molecule has 0 saturated heterocycles. The van der Waals surface area contributed by atoms with Gasteiger partial charge in [0.05, 0.1) is 25.3 Å². The summed E-state index contributed by atoms with van der Waals surface area (Å²) >= 11 is 0. The van der Waals surface area contributed by atoms with Gasteiger partial charge >= 0.3 is 0 Å². The number of carbonyl (C=O) groups excluding carboxylic acids is 1. The van der Waals surface area contributed by atoms with Crippen molar-refractivity contribution in [3.05, 3.63) is 23.8 Å². The van der Waals surface area contributed by atoms with Crippen LogP contribution in [0.5, 0.6) is 11.5 Å². The Bertz CT molecular complexity index is 363. The van der Waals surface area contributed by atoms with Crippen molar-refractivity contribution >= 4 is 5.78 Å². The van der Waals surface area contributed by atoms with Gasteiger partial charge in [-0.3, -0.25) is 4.79 Å². The van der Waals surface area contributed by atoms with E-state index in [0.29, 0.717) is 30.3 Å². The van der Waals surface area contributed by atoms with Crippen molar-refractivity contribution in [3.8, 4) is 11.5 Å². The first-order chi connectivity index (χ1) is 7.72. The minimum absolute atomic E-state index is 0.0198. The van der Waals surface area contributed by atoms with Gasteiger partial charge < -0.3 is 15.2 Å². The van der Waals surface area contributed by atoms with E-state index < -0.39 is 0 Å². The fourth-order valence-electron chi connectivity index (χ4n) is 1.37. The molecule has 0 unspecified atom stereocenters. The Hall–Kier alpha value is -1.55. The minimum atomic E-state index is -0.133. The summed E-state index contributed by atoms with van der Waals surface area (Å²) in [5.41, 5.74) is 5.84. The third-order valence-corrected chi connectivity index (χ3v) is 2.05. The molecule has 0 radical (unpaired) electrons. The van der Waals surface area contributed by atoms with Gasteiger partial charge in [0.2, 0.25) is 0 Å². The second-order valence-electron chi connectivity index (χ2n) is 3.15. The number of hydrogen-bond donors (Lipinski definition) is 1. The molecule has 0 fully saturated rings. The summed E-state index contributed by atoms with van der Waals surface area (Å²) in [4.78, 5) is 11.5. The molecule has 0 aliphatic heterocycles. The van der Waals surface area contributed by atoms with Crippen molar-refractivity contribution in [1.29, 1.82) is 0 Å². The zero-order valence-corrected chi connectivity index (χ0v) is 9.66. The maximum atomic E-state index is 11.5. The van der Waals surface area contributed by atoms with Crippen molar-refractivity contribution < 1.29 is 14.3 Å². The lowest BCUT2D eigenvalue weighted by Crippen LogP contribution is -2.15. The summed E-state index contributed by atoms with van der Waals surface area (Å²) in [6.07, 6.45) is 0. The topological polar surface area (TPSA) is 61.5 Å². The molecule has 0 saturated carbocycles. The zero-order chi connectivity index (χ0) is 12.0. The molecule has 1 rings (SSSR count). The highest BCUT2D eigenvalue weighted by Crippen LogP contribution is 2.25. The molecule has 0 aromatic heterocycles. The molecule has 0 atom stereocenters. The lowest BCUT2D eigenvalue weighted by molar-refractivity contribution is 0.0997. The van der Waals surface area contributed by atoms with Gasteiger partial charge in [0, 0.05) is 6.07 Å². The number of hydrogen-bond acceptors (Lipinski definition) is 4. The van der Waals surface area contributed by atoms with E-state index in [2.05, 4.69) is 0 Å². The predicted octanol–water partition coefficient (Wildman–Crippen LogP) is 1.63. The number of carbonyl (C=O) groups is 1. The highest BCUT2D eigenvalue weighted by atomic mass is 16.5. The van der Waals surface area contributed by atoms with Gasteiger partial charge in [-0.15, -0.1) is 0 Å². The second kappa shape index (κ2) is 6.12. The average molecular weight is 223 g/mol. The molecule has 1 aromatic carbocycles. The largest absolute Gasteiger partial charge is 0.494 e. The molecule has 4 heteroatoms. The fraction of sp³-hybridized carbons (Fsp3) is 0.417. The summed E-state index contributed by atoms with van der Waals surface area (Å²) in [6, 6.07) is 5.15. The van der Waals surface area contributed by atoms with Crippen molar-refractivity contribution in [2.45, 2.75) is 13.8 Å². The fourth-order valence-corrected chi connectivity index (χ4v) is 1.37. The van der Waals surface area contributed by atoms with Crippen molar-refractivity contribution in [2.75, 3.05) is 19.8 Å². The van der Waals surface area contributed by atoms with Gasteiger partial charge in [0.1, 0.15) is 11.5 Å². The highest BCUT2D eigenvalue weighted by Gasteiger charge is 2.11. The predicted molar refractivity (Wildman–Crippen MR) is 62.2 cm³/mol. The number of Topliss-reactive ketones (excluding diaryl/α,β-unsaturated/α-hetero) is 1. The van der Waals surface area contributed by atoms with E-state index in [1.54, 1.807) is 18.2 Å². The van der Waals surface area contributed by atoms with Gasteiger partial charge in [-0.25, -0.2) is 0 Å². The monoisotopic (exact) mass is 223 g/mol. The van der Waals surface area contributed by atoms with Crippen LogP contribution in [0.25, 0.3) is 0 Å².